The fraction of sp³-hybridized carbons (Fsp3) is 0.316. The number of halogens is 2. The summed E-state index contributed by atoms with van der Waals surface area (Å²) in [4.78, 5) is 14.4. The SMILES string of the molecule is CNCC1CCN(C(=O)c2cccc(S(=O)(=O)Nc3ccccc3F)c2)C1.Cl. The minimum atomic E-state index is -4.01. The molecule has 2 aromatic carbocycles. The molecule has 28 heavy (non-hydrogen) atoms. The first-order valence-electron chi connectivity index (χ1n) is 8.72. The summed E-state index contributed by atoms with van der Waals surface area (Å²) in [6.45, 7) is 2.13. The van der Waals surface area contributed by atoms with E-state index >= 15 is 0 Å². The van der Waals surface area contributed by atoms with Crippen molar-refractivity contribution in [1.29, 1.82) is 0 Å². The largest absolute Gasteiger partial charge is 0.338 e. The molecular formula is C19H23ClFN3O3S. The average Bonchev–Trinajstić information content (AvgIpc) is 3.12. The number of hydrogen-bond donors (Lipinski definition) is 2. The Kier molecular flexibility index (Phi) is 7.40. The summed E-state index contributed by atoms with van der Waals surface area (Å²) < 4.78 is 41.1. The van der Waals surface area contributed by atoms with Crippen molar-refractivity contribution in [1.82, 2.24) is 10.2 Å². The van der Waals surface area contributed by atoms with Gasteiger partial charge in [-0.15, -0.1) is 12.4 Å². The normalized spacial score (nSPS) is 16.5. The maximum absolute atomic E-state index is 13.8. The third-order valence-electron chi connectivity index (χ3n) is 4.58. The monoisotopic (exact) mass is 427 g/mol. The summed E-state index contributed by atoms with van der Waals surface area (Å²) in [5, 5.41) is 3.11. The third-order valence-corrected chi connectivity index (χ3v) is 5.94. The first-order chi connectivity index (χ1) is 12.9. The number of benzene rings is 2. The molecule has 2 aromatic rings. The van der Waals surface area contributed by atoms with Crippen LogP contribution in [-0.4, -0.2) is 45.9 Å². The number of sulfonamides is 1. The fourth-order valence-electron chi connectivity index (χ4n) is 3.20. The highest BCUT2D eigenvalue weighted by atomic mass is 35.5. The molecule has 1 fully saturated rings. The van der Waals surface area contributed by atoms with E-state index in [-0.39, 0.29) is 28.9 Å². The Morgan fingerprint density at radius 2 is 1.96 bits per heavy atom. The molecule has 0 radical (unpaired) electrons. The number of likely N-dealkylation sites (tertiary alicyclic amines) is 1. The molecule has 2 N–H and O–H groups in total. The van der Waals surface area contributed by atoms with Crippen molar-refractivity contribution in [3.63, 3.8) is 0 Å². The summed E-state index contributed by atoms with van der Waals surface area (Å²) in [5.74, 6) is -0.467. The Labute approximate surface area is 170 Å². The van der Waals surface area contributed by atoms with Crippen molar-refractivity contribution in [3.05, 3.63) is 59.9 Å². The van der Waals surface area contributed by atoms with E-state index in [0.717, 1.165) is 13.0 Å². The summed E-state index contributed by atoms with van der Waals surface area (Å²) >= 11 is 0. The van der Waals surface area contributed by atoms with Gasteiger partial charge in [0.25, 0.3) is 15.9 Å². The first kappa shape index (κ1) is 22.1. The van der Waals surface area contributed by atoms with E-state index in [1.807, 2.05) is 7.05 Å². The summed E-state index contributed by atoms with van der Waals surface area (Å²) in [6, 6.07) is 11.4. The van der Waals surface area contributed by atoms with Crippen molar-refractivity contribution in [2.45, 2.75) is 11.3 Å². The van der Waals surface area contributed by atoms with Gasteiger partial charge < -0.3 is 10.2 Å². The number of nitrogens with zero attached hydrogens (tertiary/aromatic N) is 1. The molecule has 1 atom stereocenters. The fourth-order valence-corrected chi connectivity index (χ4v) is 4.31. The number of hydrogen-bond acceptors (Lipinski definition) is 4. The Bertz CT molecular complexity index is 940. The molecule has 0 aliphatic carbocycles. The predicted molar refractivity (Wildman–Crippen MR) is 109 cm³/mol. The molecule has 3 rings (SSSR count). The standard InChI is InChI=1S/C19H22FN3O3S.ClH/c1-21-12-14-9-10-23(13-14)19(24)15-5-4-6-16(11-15)27(25,26)22-18-8-3-2-7-17(18)20;/h2-8,11,14,21-22H,9-10,12-13H2,1H3;1H. The smallest absolute Gasteiger partial charge is 0.262 e. The van der Waals surface area contributed by atoms with Crippen LogP contribution in [0.3, 0.4) is 0 Å². The van der Waals surface area contributed by atoms with Gasteiger partial charge in [-0.05, 0) is 56.3 Å². The topological polar surface area (TPSA) is 78.5 Å². The second-order valence-corrected chi connectivity index (χ2v) is 8.26. The maximum atomic E-state index is 13.8. The minimum Gasteiger partial charge on any atom is -0.338 e. The molecule has 0 saturated carbocycles. The van der Waals surface area contributed by atoms with E-state index in [2.05, 4.69) is 10.0 Å². The number of carbonyl (C=O) groups is 1. The van der Waals surface area contributed by atoms with Gasteiger partial charge in [-0.2, -0.15) is 0 Å². The molecule has 6 nitrogen and oxygen atoms in total. The van der Waals surface area contributed by atoms with E-state index in [4.69, 9.17) is 0 Å². The van der Waals surface area contributed by atoms with Gasteiger partial charge in [-0.3, -0.25) is 9.52 Å². The van der Waals surface area contributed by atoms with Gasteiger partial charge in [0.1, 0.15) is 5.82 Å². The molecule has 1 saturated heterocycles. The number of amides is 1. The Morgan fingerprint density at radius 3 is 2.68 bits per heavy atom. The second kappa shape index (κ2) is 9.36. The van der Waals surface area contributed by atoms with E-state index in [9.17, 15) is 17.6 Å². The highest BCUT2D eigenvalue weighted by Gasteiger charge is 2.27. The number of anilines is 1. The Morgan fingerprint density at radius 1 is 1.21 bits per heavy atom. The zero-order valence-electron chi connectivity index (χ0n) is 15.4. The molecule has 1 aliphatic heterocycles. The lowest BCUT2D eigenvalue weighted by Gasteiger charge is -2.17. The number of nitrogens with one attached hydrogen (secondary N) is 2. The lowest BCUT2D eigenvalue weighted by molar-refractivity contribution is 0.0787. The molecular weight excluding hydrogens is 405 g/mol. The average molecular weight is 428 g/mol. The summed E-state index contributed by atoms with van der Waals surface area (Å²) in [5.41, 5.74) is 0.167. The Balaban J connectivity index is 0.00000280. The molecule has 1 heterocycles. The van der Waals surface area contributed by atoms with E-state index in [0.29, 0.717) is 24.6 Å². The van der Waals surface area contributed by atoms with E-state index in [1.165, 1.54) is 42.5 Å². The maximum Gasteiger partial charge on any atom is 0.262 e. The van der Waals surface area contributed by atoms with Crippen LogP contribution < -0.4 is 10.0 Å². The lowest BCUT2D eigenvalue weighted by atomic mass is 10.1. The zero-order chi connectivity index (χ0) is 19.4. The number of rotatable bonds is 6. The van der Waals surface area contributed by atoms with Crippen molar-refractivity contribution < 1.29 is 17.6 Å². The molecule has 1 amide bonds. The molecule has 0 aromatic heterocycles. The Hall–Kier alpha value is -2.16. The summed E-state index contributed by atoms with van der Waals surface area (Å²) in [6.07, 6.45) is 0.916. The van der Waals surface area contributed by atoms with Crippen LogP contribution in [0.1, 0.15) is 16.8 Å². The van der Waals surface area contributed by atoms with Crippen LogP contribution in [0.5, 0.6) is 0 Å². The first-order valence-corrected chi connectivity index (χ1v) is 10.2. The van der Waals surface area contributed by atoms with Crippen LogP contribution in [0.2, 0.25) is 0 Å². The van der Waals surface area contributed by atoms with Gasteiger partial charge in [0.2, 0.25) is 0 Å². The lowest BCUT2D eigenvalue weighted by Crippen LogP contribution is -2.30. The molecule has 1 aliphatic rings. The predicted octanol–water partition coefficient (Wildman–Crippen LogP) is 2.73. The van der Waals surface area contributed by atoms with Gasteiger partial charge in [-0.1, -0.05) is 18.2 Å². The third kappa shape index (κ3) is 5.01. The van der Waals surface area contributed by atoms with Crippen LogP contribution in [0.15, 0.2) is 53.4 Å². The van der Waals surface area contributed by atoms with Crippen molar-refractivity contribution in [2.75, 3.05) is 31.4 Å². The molecule has 0 bridgehead atoms. The van der Waals surface area contributed by atoms with Crippen LogP contribution in [0, 0.1) is 11.7 Å². The molecule has 0 spiro atoms. The highest BCUT2D eigenvalue weighted by molar-refractivity contribution is 7.92. The van der Waals surface area contributed by atoms with Crippen LogP contribution in [-0.2, 0) is 10.0 Å². The van der Waals surface area contributed by atoms with Gasteiger partial charge >= 0.3 is 0 Å². The quantitative estimate of drug-likeness (QED) is 0.743. The summed E-state index contributed by atoms with van der Waals surface area (Å²) in [7, 11) is -2.13. The number of carbonyl (C=O) groups excluding carboxylic acids is 1. The van der Waals surface area contributed by atoms with Crippen molar-refractivity contribution in [3.8, 4) is 0 Å². The van der Waals surface area contributed by atoms with Gasteiger partial charge in [0, 0.05) is 18.7 Å². The molecule has 152 valence electrons. The van der Waals surface area contributed by atoms with Crippen LogP contribution >= 0.6 is 12.4 Å². The van der Waals surface area contributed by atoms with E-state index < -0.39 is 15.8 Å². The highest BCUT2D eigenvalue weighted by Crippen LogP contribution is 2.22. The van der Waals surface area contributed by atoms with Crippen LogP contribution in [0.4, 0.5) is 10.1 Å². The number of para-hydroxylation sites is 1. The second-order valence-electron chi connectivity index (χ2n) is 6.58. The molecule has 9 heteroatoms. The van der Waals surface area contributed by atoms with Gasteiger partial charge in [0.05, 0.1) is 10.6 Å². The van der Waals surface area contributed by atoms with Crippen molar-refractivity contribution in [2.24, 2.45) is 5.92 Å². The van der Waals surface area contributed by atoms with Gasteiger partial charge in [-0.25, -0.2) is 12.8 Å². The van der Waals surface area contributed by atoms with Crippen LogP contribution in [0.25, 0.3) is 0 Å². The minimum absolute atomic E-state index is 0. The van der Waals surface area contributed by atoms with E-state index in [1.54, 1.807) is 11.0 Å². The zero-order valence-corrected chi connectivity index (χ0v) is 17.0. The van der Waals surface area contributed by atoms with Crippen molar-refractivity contribution >= 4 is 34.0 Å². The molecule has 1 unspecified atom stereocenters. The van der Waals surface area contributed by atoms with Gasteiger partial charge in [0.15, 0.2) is 0 Å².